The monoisotopic (exact) mass is 350 g/mol. The third-order valence-corrected chi connectivity index (χ3v) is 4.48. The average Bonchev–Trinajstić information content (AvgIpc) is 3.03. The minimum Gasteiger partial charge on any atom is -0.292 e. The Morgan fingerprint density at radius 2 is 2.00 bits per heavy atom. The zero-order valence-electron chi connectivity index (χ0n) is 14.1. The lowest BCUT2D eigenvalue weighted by Crippen LogP contribution is -2.29. The Labute approximate surface area is 149 Å². The normalized spacial score (nSPS) is 14.0. The van der Waals surface area contributed by atoms with Crippen LogP contribution in [0.4, 0.5) is 5.95 Å². The molecule has 1 saturated carbocycles. The summed E-state index contributed by atoms with van der Waals surface area (Å²) in [4.78, 5) is 28.5. The van der Waals surface area contributed by atoms with Crippen LogP contribution in [0.1, 0.15) is 31.0 Å². The van der Waals surface area contributed by atoms with E-state index in [1.54, 1.807) is 6.07 Å². The van der Waals surface area contributed by atoms with Crippen LogP contribution in [0.15, 0.2) is 47.3 Å². The van der Waals surface area contributed by atoms with Crippen LogP contribution in [0, 0.1) is 0 Å². The van der Waals surface area contributed by atoms with Crippen molar-refractivity contribution in [2.75, 3.05) is 5.32 Å². The largest absolute Gasteiger partial charge is 0.292 e. The summed E-state index contributed by atoms with van der Waals surface area (Å²) in [5, 5.41) is 13.8. The molecule has 26 heavy (non-hydrogen) atoms. The van der Waals surface area contributed by atoms with Crippen LogP contribution in [0.3, 0.4) is 0 Å². The van der Waals surface area contributed by atoms with E-state index < -0.39 is 5.91 Å². The quantitative estimate of drug-likeness (QED) is 0.731. The number of carbonyl (C=O) groups excluding carboxylic acids is 1. The number of aromatic amines is 1. The fraction of sp³-hybridized carbons (Fsp3) is 0.278. The summed E-state index contributed by atoms with van der Waals surface area (Å²) in [6.07, 6.45) is 3.38. The van der Waals surface area contributed by atoms with Crippen LogP contribution in [0.5, 0.6) is 0 Å². The molecule has 1 fully saturated rings. The van der Waals surface area contributed by atoms with Crippen LogP contribution in [-0.2, 0) is 11.3 Å². The standard InChI is InChI=1S/C18H18N6O2/c25-15(19-18-20-17(21-22-18)13-7-4-8-13)11-24-16(26)10-9-14(23-24)12-5-2-1-3-6-12/h1-3,5-6,9-10,13H,4,7-8,11H2,(H2,19,20,21,22,25). The molecule has 8 heteroatoms. The highest BCUT2D eigenvalue weighted by molar-refractivity contribution is 5.88. The number of hydrogen-bond acceptors (Lipinski definition) is 5. The van der Waals surface area contributed by atoms with Crippen LogP contribution in [0.2, 0.25) is 0 Å². The number of rotatable bonds is 5. The molecule has 3 aromatic rings. The first-order valence-corrected chi connectivity index (χ1v) is 8.55. The van der Waals surface area contributed by atoms with Gasteiger partial charge in [-0.1, -0.05) is 36.8 Å². The Hall–Kier alpha value is -3.29. The van der Waals surface area contributed by atoms with Crippen LogP contribution < -0.4 is 10.9 Å². The van der Waals surface area contributed by atoms with Gasteiger partial charge in [-0.2, -0.15) is 10.1 Å². The fourth-order valence-corrected chi connectivity index (χ4v) is 2.82. The van der Waals surface area contributed by atoms with Gasteiger partial charge in [-0.05, 0) is 18.9 Å². The zero-order chi connectivity index (χ0) is 17.9. The molecule has 1 aromatic carbocycles. The minimum absolute atomic E-state index is 0.202. The molecule has 1 amide bonds. The molecular formula is C18H18N6O2. The molecular weight excluding hydrogens is 332 g/mol. The highest BCUT2D eigenvalue weighted by Gasteiger charge is 2.23. The maximum Gasteiger partial charge on any atom is 0.267 e. The van der Waals surface area contributed by atoms with Crippen LogP contribution in [0.25, 0.3) is 11.3 Å². The Morgan fingerprint density at radius 3 is 2.73 bits per heavy atom. The molecule has 4 rings (SSSR count). The summed E-state index contributed by atoms with van der Waals surface area (Å²) in [5.41, 5.74) is 1.16. The predicted octanol–water partition coefficient (Wildman–Crippen LogP) is 1.93. The van der Waals surface area contributed by atoms with Crippen LogP contribution >= 0.6 is 0 Å². The fourth-order valence-electron chi connectivity index (χ4n) is 2.82. The summed E-state index contributed by atoms with van der Waals surface area (Å²) in [6.45, 7) is -0.202. The maximum atomic E-state index is 12.2. The van der Waals surface area contributed by atoms with Gasteiger partial charge in [-0.25, -0.2) is 4.68 Å². The van der Waals surface area contributed by atoms with Gasteiger partial charge in [0.1, 0.15) is 12.4 Å². The Bertz CT molecular complexity index is 975. The third kappa shape index (κ3) is 3.39. The van der Waals surface area contributed by atoms with Crippen molar-refractivity contribution in [1.82, 2.24) is 25.0 Å². The van der Waals surface area contributed by atoms with Crippen molar-refractivity contribution in [2.24, 2.45) is 0 Å². The zero-order valence-corrected chi connectivity index (χ0v) is 14.1. The van der Waals surface area contributed by atoms with Gasteiger partial charge in [0.25, 0.3) is 5.56 Å². The molecule has 0 atom stereocenters. The van der Waals surface area contributed by atoms with Crippen LogP contribution in [-0.4, -0.2) is 30.9 Å². The van der Waals surface area contributed by atoms with Gasteiger partial charge in [-0.3, -0.25) is 20.0 Å². The van der Waals surface area contributed by atoms with E-state index in [0.717, 1.165) is 28.9 Å². The van der Waals surface area contributed by atoms with E-state index in [1.807, 2.05) is 30.3 Å². The Kier molecular flexibility index (Phi) is 4.30. The molecule has 0 unspecified atom stereocenters. The van der Waals surface area contributed by atoms with E-state index in [1.165, 1.54) is 12.5 Å². The molecule has 132 valence electrons. The van der Waals surface area contributed by atoms with E-state index >= 15 is 0 Å². The van der Waals surface area contributed by atoms with Crippen molar-refractivity contribution in [2.45, 2.75) is 31.7 Å². The highest BCUT2D eigenvalue weighted by Crippen LogP contribution is 2.34. The molecule has 0 saturated heterocycles. The SMILES string of the molecule is O=C(Cn1nc(-c2ccccc2)ccc1=O)Nc1n[nH]c(C2CCC2)n1. The molecule has 0 radical (unpaired) electrons. The van der Waals surface area contributed by atoms with Gasteiger partial charge < -0.3 is 0 Å². The van der Waals surface area contributed by atoms with Gasteiger partial charge in [-0.15, -0.1) is 5.10 Å². The van der Waals surface area contributed by atoms with Gasteiger partial charge in [0.2, 0.25) is 11.9 Å². The summed E-state index contributed by atoms with van der Waals surface area (Å²) in [7, 11) is 0. The smallest absolute Gasteiger partial charge is 0.267 e. The average molecular weight is 350 g/mol. The van der Waals surface area contributed by atoms with E-state index in [2.05, 4.69) is 25.6 Å². The first-order chi connectivity index (χ1) is 12.7. The minimum atomic E-state index is -0.399. The van der Waals surface area contributed by atoms with Crippen molar-refractivity contribution in [1.29, 1.82) is 0 Å². The van der Waals surface area contributed by atoms with Crippen molar-refractivity contribution in [3.8, 4) is 11.3 Å². The Morgan fingerprint density at radius 1 is 1.19 bits per heavy atom. The molecule has 0 aliphatic heterocycles. The lowest BCUT2D eigenvalue weighted by Gasteiger charge is -2.22. The van der Waals surface area contributed by atoms with E-state index in [0.29, 0.717) is 11.6 Å². The molecule has 2 N–H and O–H groups in total. The second kappa shape index (κ2) is 6.91. The number of anilines is 1. The molecule has 1 aliphatic carbocycles. The lowest BCUT2D eigenvalue weighted by molar-refractivity contribution is -0.117. The first kappa shape index (κ1) is 16.2. The van der Waals surface area contributed by atoms with Crippen molar-refractivity contribution >= 4 is 11.9 Å². The summed E-state index contributed by atoms with van der Waals surface area (Å²) in [6, 6.07) is 12.5. The summed E-state index contributed by atoms with van der Waals surface area (Å²) >= 11 is 0. The molecule has 8 nitrogen and oxygen atoms in total. The van der Waals surface area contributed by atoms with Gasteiger partial charge in [0.15, 0.2) is 0 Å². The highest BCUT2D eigenvalue weighted by atomic mass is 16.2. The molecule has 2 aromatic heterocycles. The Balaban J connectivity index is 1.47. The second-order valence-corrected chi connectivity index (χ2v) is 6.30. The summed E-state index contributed by atoms with van der Waals surface area (Å²) < 4.78 is 1.14. The second-order valence-electron chi connectivity index (χ2n) is 6.30. The number of aromatic nitrogens is 5. The molecule has 0 bridgehead atoms. The lowest BCUT2D eigenvalue weighted by atomic mass is 9.85. The van der Waals surface area contributed by atoms with Gasteiger partial charge >= 0.3 is 0 Å². The molecule has 2 heterocycles. The van der Waals surface area contributed by atoms with Crippen molar-refractivity contribution in [3.05, 3.63) is 58.6 Å². The van der Waals surface area contributed by atoms with Gasteiger partial charge in [0.05, 0.1) is 5.69 Å². The number of amides is 1. The number of benzene rings is 1. The summed E-state index contributed by atoms with van der Waals surface area (Å²) in [5.74, 6) is 1.03. The number of nitrogens with one attached hydrogen (secondary N) is 2. The van der Waals surface area contributed by atoms with Gasteiger partial charge in [0, 0.05) is 17.5 Å². The van der Waals surface area contributed by atoms with E-state index in [-0.39, 0.29) is 18.1 Å². The van der Waals surface area contributed by atoms with E-state index in [4.69, 9.17) is 0 Å². The van der Waals surface area contributed by atoms with Crippen molar-refractivity contribution in [3.63, 3.8) is 0 Å². The maximum absolute atomic E-state index is 12.2. The first-order valence-electron chi connectivity index (χ1n) is 8.55. The topological polar surface area (TPSA) is 106 Å². The molecule has 1 aliphatic rings. The predicted molar refractivity (Wildman–Crippen MR) is 95.5 cm³/mol. The number of nitrogens with zero attached hydrogens (tertiary/aromatic N) is 4. The van der Waals surface area contributed by atoms with Crippen molar-refractivity contribution < 1.29 is 4.79 Å². The number of hydrogen-bond donors (Lipinski definition) is 2. The number of carbonyl (C=O) groups is 1. The third-order valence-electron chi connectivity index (χ3n) is 4.48. The van der Waals surface area contributed by atoms with E-state index in [9.17, 15) is 9.59 Å². The molecule has 0 spiro atoms. The number of H-pyrrole nitrogens is 1.